The second-order valence-corrected chi connectivity index (χ2v) is 7.14. The third-order valence-electron chi connectivity index (χ3n) is 4.94. The van der Waals surface area contributed by atoms with Crippen LogP contribution in [0.1, 0.15) is 11.1 Å². The summed E-state index contributed by atoms with van der Waals surface area (Å²) in [7, 11) is 0. The minimum Gasteiger partial charge on any atom is -0.351 e. The van der Waals surface area contributed by atoms with Gasteiger partial charge in [0, 0.05) is 39.3 Å². The fourth-order valence-corrected chi connectivity index (χ4v) is 3.28. The van der Waals surface area contributed by atoms with E-state index in [0.29, 0.717) is 52.2 Å². The van der Waals surface area contributed by atoms with E-state index in [0.717, 1.165) is 11.1 Å². The van der Waals surface area contributed by atoms with Crippen LogP contribution in [0.4, 0.5) is 9.18 Å². The molecule has 0 unspecified atom stereocenters. The average molecular weight is 398 g/mol. The van der Waals surface area contributed by atoms with Crippen molar-refractivity contribution in [2.45, 2.75) is 13.0 Å². The molecule has 0 atom stereocenters. The third-order valence-corrected chi connectivity index (χ3v) is 4.94. The predicted octanol–water partition coefficient (Wildman–Crippen LogP) is 2.01. The van der Waals surface area contributed by atoms with Crippen LogP contribution >= 0.6 is 0 Å². The van der Waals surface area contributed by atoms with E-state index in [-0.39, 0.29) is 17.8 Å². The predicted molar refractivity (Wildman–Crippen MR) is 110 cm³/mol. The van der Waals surface area contributed by atoms with Gasteiger partial charge in [0.1, 0.15) is 5.82 Å². The molecule has 2 aromatic rings. The van der Waals surface area contributed by atoms with Crippen molar-refractivity contribution < 1.29 is 14.0 Å². The van der Waals surface area contributed by atoms with Crippen LogP contribution in [-0.2, 0) is 17.8 Å². The zero-order valence-corrected chi connectivity index (χ0v) is 16.4. The number of urea groups is 1. The number of hydrogen-bond acceptors (Lipinski definition) is 3. The van der Waals surface area contributed by atoms with E-state index < -0.39 is 0 Å². The van der Waals surface area contributed by atoms with Gasteiger partial charge in [-0.2, -0.15) is 0 Å². The molecule has 1 fully saturated rings. The van der Waals surface area contributed by atoms with Crippen LogP contribution in [0.3, 0.4) is 0 Å². The van der Waals surface area contributed by atoms with Crippen LogP contribution in [-0.4, -0.2) is 61.0 Å². The Morgan fingerprint density at radius 1 is 0.897 bits per heavy atom. The summed E-state index contributed by atoms with van der Waals surface area (Å²) in [6.45, 7) is 3.81. The molecule has 29 heavy (non-hydrogen) atoms. The Bertz CT molecular complexity index is 807. The van der Waals surface area contributed by atoms with Gasteiger partial charge >= 0.3 is 6.03 Å². The van der Waals surface area contributed by atoms with Crippen LogP contribution in [0.15, 0.2) is 54.6 Å². The monoisotopic (exact) mass is 398 g/mol. The second-order valence-electron chi connectivity index (χ2n) is 7.14. The van der Waals surface area contributed by atoms with E-state index in [4.69, 9.17) is 0 Å². The summed E-state index contributed by atoms with van der Waals surface area (Å²) in [5.74, 6) is -0.278. The molecule has 2 N–H and O–H groups in total. The first-order valence-corrected chi connectivity index (χ1v) is 9.90. The number of halogens is 1. The Labute approximate surface area is 170 Å². The van der Waals surface area contributed by atoms with Crippen LogP contribution in [0.25, 0.3) is 0 Å². The first kappa shape index (κ1) is 20.8. The molecule has 0 spiro atoms. The fourth-order valence-electron chi connectivity index (χ4n) is 3.28. The van der Waals surface area contributed by atoms with Crippen LogP contribution in [0.2, 0.25) is 0 Å². The molecule has 1 heterocycles. The fraction of sp³-hybridized carbons (Fsp3) is 0.364. The van der Waals surface area contributed by atoms with Crippen molar-refractivity contribution in [1.29, 1.82) is 0 Å². The lowest BCUT2D eigenvalue weighted by atomic mass is 10.1. The van der Waals surface area contributed by atoms with Gasteiger partial charge in [-0.05, 0) is 29.7 Å². The van der Waals surface area contributed by atoms with Crippen molar-refractivity contribution in [2.75, 3.05) is 39.3 Å². The number of hydrogen-bond donors (Lipinski definition) is 2. The Morgan fingerprint density at radius 2 is 1.62 bits per heavy atom. The zero-order chi connectivity index (χ0) is 20.5. The summed E-state index contributed by atoms with van der Waals surface area (Å²) < 4.78 is 13.2. The molecular weight excluding hydrogens is 371 g/mol. The second kappa shape index (κ2) is 10.6. The molecule has 0 aromatic heterocycles. The van der Waals surface area contributed by atoms with Gasteiger partial charge in [-0.3, -0.25) is 9.69 Å². The Kier molecular flexibility index (Phi) is 7.58. The number of nitrogens with one attached hydrogen (secondary N) is 2. The molecule has 0 radical (unpaired) electrons. The summed E-state index contributed by atoms with van der Waals surface area (Å²) in [5.41, 5.74) is 1.93. The first-order chi connectivity index (χ1) is 14.1. The van der Waals surface area contributed by atoms with E-state index in [9.17, 15) is 14.0 Å². The number of benzene rings is 2. The highest BCUT2D eigenvalue weighted by Gasteiger charge is 2.22. The molecule has 154 valence electrons. The quantitative estimate of drug-likeness (QED) is 0.750. The van der Waals surface area contributed by atoms with Gasteiger partial charge in [-0.1, -0.05) is 42.5 Å². The van der Waals surface area contributed by atoms with Crippen LogP contribution < -0.4 is 10.6 Å². The molecule has 0 aliphatic carbocycles. The van der Waals surface area contributed by atoms with E-state index in [1.165, 1.54) is 12.1 Å². The standard InChI is InChI=1S/C22H27FN4O2/c23-20-8-4-7-18(15-20)9-10-24-22(29)27-13-11-26(12-14-27)17-21(28)25-16-19-5-2-1-3-6-19/h1-8,15H,9-14,16-17H2,(H,24,29)(H,25,28). The molecule has 1 aliphatic heterocycles. The molecule has 3 rings (SSSR count). The molecule has 0 bridgehead atoms. The number of nitrogens with zero attached hydrogens (tertiary/aromatic N) is 2. The smallest absolute Gasteiger partial charge is 0.317 e. The topological polar surface area (TPSA) is 64.7 Å². The average Bonchev–Trinajstić information content (AvgIpc) is 2.73. The van der Waals surface area contributed by atoms with Crippen molar-refractivity contribution >= 4 is 11.9 Å². The lowest BCUT2D eigenvalue weighted by Gasteiger charge is -2.34. The molecule has 1 saturated heterocycles. The molecule has 1 aliphatic rings. The van der Waals surface area contributed by atoms with Gasteiger partial charge in [0.05, 0.1) is 6.54 Å². The van der Waals surface area contributed by atoms with Gasteiger partial charge in [0.15, 0.2) is 0 Å². The van der Waals surface area contributed by atoms with Crippen LogP contribution in [0.5, 0.6) is 0 Å². The van der Waals surface area contributed by atoms with E-state index in [1.807, 2.05) is 36.4 Å². The van der Waals surface area contributed by atoms with E-state index >= 15 is 0 Å². The highest BCUT2D eigenvalue weighted by molar-refractivity contribution is 5.78. The van der Waals surface area contributed by atoms with Crippen molar-refractivity contribution in [2.24, 2.45) is 0 Å². The highest BCUT2D eigenvalue weighted by Crippen LogP contribution is 2.05. The van der Waals surface area contributed by atoms with Crippen molar-refractivity contribution in [3.05, 3.63) is 71.5 Å². The molecule has 3 amide bonds. The maximum Gasteiger partial charge on any atom is 0.317 e. The number of carbonyl (C=O) groups is 2. The maximum absolute atomic E-state index is 13.2. The summed E-state index contributed by atoms with van der Waals surface area (Å²) in [4.78, 5) is 28.2. The highest BCUT2D eigenvalue weighted by atomic mass is 19.1. The minimum absolute atomic E-state index is 0.0122. The Balaban J connectivity index is 1.32. The summed E-state index contributed by atoms with van der Waals surface area (Å²) in [5, 5.41) is 5.81. The number of carbonyl (C=O) groups excluding carboxylic acids is 2. The molecular formula is C22H27FN4O2. The van der Waals surface area contributed by atoms with Gasteiger partial charge in [-0.15, -0.1) is 0 Å². The largest absolute Gasteiger partial charge is 0.351 e. The first-order valence-electron chi connectivity index (χ1n) is 9.90. The van der Waals surface area contributed by atoms with Crippen molar-refractivity contribution in [3.63, 3.8) is 0 Å². The SMILES string of the molecule is O=C(CN1CCN(C(=O)NCCc2cccc(F)c2)CC1)NCc1ccccc1. The zero-order valence-electron chi connectivity index (χ0n) is 16.4. The van der Waals surface area contributed by atoms with Crippen LogP contribution in [0, 0.1) is 5.82 Å². The van der Waals surface area contributed by atoms with E-state index in [1.54, 1.807) is 11.0 Å². The normalized spacial score (nSPS) is 14.4. The van der Waals surface area contributed by atoms with E-state index in [2.05, 4.69) is 15.5 Å². The Morgan fingerprint density at radius 3 is 2.34 bits per heavy atom. The number of piperazine rings is 1. The molecule has 6 nitrogen and oxygen atoms in total. The van der Waals surface area contributed by atoms with Gasteiger partial charge in [0.25, 0.3) is 0 Å². The molecule has 0 saturated carbocycles. The maximum atomic E-state index is 13.2. The van der Waals surface area contributed by atoms with Crippen molar-refractivity contribution in [3.8, 4) is 0 Å². The van der Waals surface area contributed by atoms with Gasteiger partial charge < -0.3 is 15.5 Å². The van der Waals surface area contributed by atoms with Crippen molar-refractivity contribution in [1.82, 2.24) is 20.4 Å². The number of rotatable bonds is 7. The minimum atomic E-state index is -0.266. The van der Waals surface area contributed by atoms with Gasteiger partial charge in [-0.25, -0.2) is 9.18 Å². The third kappa shape index (κ3) is 6.87. The summed E-state index contributed by atoms with van der Waals surface area (Å²) in [6, 6.07) is 16.1. The summed E-state index contributed by atoms with van der Waals surface area (Å²) in [6.07, 6.45) is 0.588. The van der Waals surface area contributed by atoms with Gasteiger partial charge in [0.2, 0.25) is 5.91 Å². The Hall–Kier alpha value is -2.93. The lowest BCUT2D eigenvalue weighted by molar-refractivity contribution is -0.122. The number of amides is 3. The molecule has 7 heteroatoms. The summed E-state index contributed by atoms with van der Waals surface area (Å²) >= 11 is 0. The molecule has 2 aromatic carbocycles. The lowest BCUT2D eigenvalue weighted by Crippen LogP contribution is -2.53.